The smallest absolute Gasteiger partial charge is 0.408 e. The van der Waals surface area contributed by atoms with E-state index in [2.05, 4.69) is 28.8 Å². The van der Waals surface area contributed by atoms with Gasteiger partial charge in [0.25, 0.3) is 0 Å². The monoisotopic (exact) mass is 499 g/mol. The summed E-state index contributed by atoms with van der Waals surface area (Å²) in [6.07, 6.45) is 5.65. The molecule has 0 bridgehead atoms. The molecular formula is C26H33N3O5S. The Hall–Kier alpha value is -3.46. The maximum Gasteiger partial charge on any atom is 0.408 e. The summed E-state index contributed by atoms with van der Waals surface area (Å²) in [6.45, 7) is 14.4. The van der Waals surface area contributed by atoms with Crippen LogP contribution in [0, 0.1) is 5.92 Å². The van der Waals surface area contributed by atoms with Crippen LogP contribution in [0.5, 0.6) is 0 Å². The SMILES string of the molecule is C=CC[C@H](NC(=O)OC(C)(C)C)c1cc(-c2cc(S(C)(=O)=O)ccc2NC(=O)[C@H](C)C=C)ccn1. The molecule has 0 unspecified atom stereocenters. The van der Waals surface area contributed by atoms with Gasteiger partial charge in [0.2, 0.25) is 5.91 Å². The number of alkyl carbamates (subject to hydrolysis) is 1. The number of benzene rings is 1. The largest absolute Gasteiger partial charge is 0.444 e. The Bertz CT molecular complexity index is 1220. The van der Waals surface area contributed by atoms with Crippen LogP contribution in [-0.2, 0) is 19.4 Å². The van der Waals surface area contributed by atoms with Crippen LogP contribution in [0.25, 0.3) is 11.1 Å². The molecule has 9 heteroatoms. The third kappa shape index (κ3) is 8.06. The van der Waals surface area contributed by atoms with E-state index in [0.29, 0.717) is 28.9 Å². The number of anilines is 1. The second kappa shape index (κ2) is 11.3. The zero-order chi connectivity index (χ0) is 26.4. The van der Waals surface area contributed by atoms with Gasteiger partial charge in [-0.15, -0.1) is 13.2 Å². The Morgan fingerprint density at radius 2 is 1.86 bits per heavy atom. The van der Waals surface area contributed by atoms with Crippen molar-refractivity contribution in [1.82, 2.24) is 10.3 Å². The number of hydrogen-bond acceptors (Lipinski definition) is 6. The Balaban J connectivity index is 2.54. The summed E-state index contributed by atoms with van der Waals surface area (Å²) < 4.78 is 29.8. The lowest BCUT2D eigenvalue weighted by Gasteiger charge is -2.23. The first kappa shape index (κ1) is 27.8. The van der Waals surface area contributed by atoms with Crippen LogP contribution in [0.4, 0.5) is 10.5 Å². The molecule has 0 saturated heterocycles. The van der Waals surface area contributed by atoms with E-state index in [1.165, 1.54) is 18.2 Å². The van der Waals surface area contributed by atoms with Crippen molar-refractivity contribution in [2.45, 2.75) is 50.7 Å². The number of nitrogens with zero attached hydrogens (tertiary/aromatic N) is 1. The molecule has 2 N–H and O–H groups in total. The molecule has 0 spiro atoms. The minimum atomic E-state index is -3.50. The summed E-state index contributed by atoms with van der Waals surface area (Å²) in [5.74, 6) is -0.723. The first-order valence-electron chi connectivity index (χ1n) is 11.1. The molecular weight excluding hydrogens is 466 g/mol. The third-order valence-corrected chi connectivity index (χ3v) is 6.10. The number of aromatic nitrogens is 1. The van der Waals surface area contributed by atoms with Crippen LogP contribution in [0.1, 0.15) is 45.9 Å². The summed E-state index contributed by atoms with van der Waals surface area (Å²) in [6, 6.07) is 7.42. The van der Waals surface area contributed by atoms with Crippen molar-refractivity contribution in [3.05, 3.63) is 67.5 Å². The van der Waals surface area contributed by atoms with Gasteiger partial charge in [0.1, 0.15) is 5.60 Å². The fraction of sp³-hybridized carbons (Fsp3) is 0.346. The van der Waals surface area contributed by atoms with Crippen molar-refractivity contribution in [3.63, 3.8) is 0 Å². The molecule has 2 atom stereocenters. The first-order valence-corrected chi connectivity index (χ1v) is 13.0. The van der Waals surface area contributed by atoms with Crippen LogP contribution in [0.3, 0.4) is 0 Å². The molecule has 8 nitrogen and oxygen atoms in total. The lowest BCUT2D eigenvalue weighted by atomic mass is 10.0. The van der Waals surface area contributed by atoms with Crippen molar-refractivity contribution in [3.8, 4) is 11.1 Å². The van der Waals surface area contributed by atoms with Gasteiger partial charge >= 0.3 is 6.09 Å². The highest BCUT2D eigenvalue weighted by atomic mass is 32.2. The fourth-order valence-electron chi connectivity index (χ4n) is 3.13. The highest BCUT2D eigenvalue weighted by Crippen LogP contribution is 2.32. The quantitative estimate of drug-likeness (QED) is 0.467. The maximum absolute atomic E-state index is 12.5. The third-order valence-electron chi connectivity index (χ3n) is 4.99. The number of carbonyl (C=O) groups is 2. The van der Waals surface area contributed by atoms with Crippen LogP contribution in [-0.4, -0.2) is 37.3 Å². The van der Waals surface area contributed by atoms with E-state index in [1.807, 2.05) is 0 Å². The summed E-state index contributed by atoms with van der Waals surface area (Å²) in [5, 5.41) is 5.64. The predicted octanol–water partition coefficient (Wildman–Crippen LogP) is 5.05. The van der Waals surface area contributed by atoms with E-state index in [4.69, 9.17) is 4.74 Å². The Morgan fingerprint density at radius 1 is 1.17 bits per heavy atom. The Kier molecular flexibility index (Phi) is 8.98. The summed E-state index contributed by atoms with van der Waals surface area (Å²) in [5.41, 5.74) is 1.40. The van der Waals surface area contributed by atoms with Gasteiger partial charge in [-0.05, 0) is 63.1 Å². The molecule has 1 heterocycles. The summed E-state index contributed by atoms with van der Waals surface area (Å²) in [7, 11) is -3.50. The summed E-state index contributed by atoms with van der Waals surface area (Å²) in [4.78, 5) is 29.4. The van der Waals surface area contributed by atoms with Crippen molar-refractivity contribution in [2.24, 2.45) is 5.92 Å². The first-order chi connectivity index (χ1) is 16.2. The van der Waals surface area contributed by atoms with E-state index < -0.39 is 33.5 Å². The second-order valence-electron chi connectivity index (χ2n) is 9.19. The van der Waals surface area contributed by atoms with E-state index in [9.17, 15) is 18.0 Å². The van der Waals surface area contributed by atoms with E-state index in [1.54, 1.807) is 58.2 Å². The topological polar surface area (TPSA) is 114 Å². The number of pyridine rings is 1. The average molecular weight is 500 g/mol. The molecule has 2 aromatic rings. The van der Waals surface area contributed by atoms with Crippen molar-refractivity contribution in [2.75, 3.05) is 11.6 Å². The van der Waals surface area contributed by atoms with Gasteiger partial charge < -0.3 is 15.4 Å². The van der Waals surface area contributed by atoms with Crippen molar-refractivity contribution < 1.29 is 22.7 Å². The number of ether oxygens (including phenoxy) is 1. The minimum absolute atomic E-state index is 0.107. The lowest BCUT2D eigenvalue weighted by molar-refractivity contribution is -0.118. The predicted molar refractivity (Wildman–Crippen MR) is 138 cm³/mol. The van der Waals surface area contributed by atoms with Crippen LogP contribution < -0.4 is 10.6 Å². The average Bonchev–Trinajstić information content (AvgIpc) is 2.76. The summed E-state index contributed by atoms with van der Waals surface area (Å²) >= 11 is 0. The number of amides is 2. The molecule has 0 radical (unpaired) electrons. The number of hydrogen-bond donors (Lipinski definition) is 2. The standard InChI is InChI=1S/C26H33N3O5S/c1-8-10-22(29-25(31)34-26(4,5)6)23-15-18(13-14-27-23)20-16-19(35(7,32)33)11-12-21(20)28-24(30)17(3)9-2/h8-9,11-17,22H,1-2,10H2,3-7H3,(H,28,30)(H,29,31)/t17-,22+/m1/s1. The number of sulfone groups is 1. The van der Waals surface area contributed by atoms with Crippen molar-refractivity contribution in [1.29, 1.82) is 0 Å². The molecule has 0 saturated carbocycles. The molecule has 2 rings (SSSR count). The highest BCUT2D eigenvalue weighted by Gasteiger charge is 2.22. The molecule has 188 valence electrons. The lowest BCUT2D eigenvalue weighted by Crippen LogP contribution is -2.35. The van der Waals surface area contributed by atoms with Crippen LogP contribution in [0.15, 0.2) is 66.7 Å². The molecule has 0 aliphatic heterocycles. The fourth-order valence-corrected chi connectivity index (χ4v) is 3.78. The Labute approximate surface area is 207 Å². The maximum atomic E-state index is 12.5. The molecule has 1 aromatic heterocycles. The van der Waals surface area contributed by atoms with E-state index in [0.717, 1.165) is 6.26 Å². The number of rotatable bonds is 9. The molecule has 35 heavy (non-hydrogen) atoms. The van der Waals surface area contributed by atoms with Gasteiger partial charge in [-0.3, -0.25) is 9.78 Å². The normalized spacial score (nSPS) is 13.3. The van der Waals surface area contributed by atoms with Gasteiger partial charge in [0.05, 0.1) is 22.5 Å². The van der Waals surface area contributed by atoms with E-state index in [-0.39, 0.29) is 10.8 Å². The minimum Gasteiger partial charge on any atom is -0.444 e. The van der Waals surface area contributed by atoms with E-state index >= 15 is 0 Å². The molecule has 0 fully saturated rings. The molecule has 2 amide bonds. The Morgan fingerprint density at radius 3 is 2.43 bits per heavy atom. The van der Waals surface area contributed by atoms with Gasteiger partial charge in [0.15, 0.2) is 9.84 Å². The van der Waals surface area contributed by atoms with Crippen LogP contribution in [0.2, 0.25) is 0 Å². The molecule has 0 aliphatic rings. The van der Waals surface area contributed by atoms with Gasteiger partial charge in [-0.25, -0.2) is 13.2 Å². The van der Waals surface area contributed by atoms with Crippen molar-refractivity contribution >= 4 is 27.5 Å². The van der Waals surface area contributed by atoms with Gasteiger partial charge in [-0.2, -0.15) is 0 Å². The number of carbonyl (C=O) groups excluding carboxylic acids is 2. The highest BCUT2D eigenvalue weighted by molar-refractivity contribution is 7.90. The van der Waals surface area contributed by atoms with Gasteiger partial charge in [0, 0.05) is 23.7 Å². The van der Waals surface area contributed by atoms with Gasteiger partial charge in [-0.1, -0.05) is 19.1 Å². The number of nitrogens with one attached hydrogen (secondary N) is 2. The molecule has 1 aromatic carbocycles. The van der Waals surface area contributed by atoms with Crippen LogP contribution >= 0.6 is 0 Å². The second-order valence-corrected chi connectivity index (χ2v) is 11.2. The zero-order valence-corrected chi connectivity index (χ0v) is 21.6. The molecule has 0 aliphatic carbocycles. The zero-order valence-electron chi connectivity index (χ0n) is 20.8.